The van der Waals surface area contributed by atoms with Crippen molar-refractivity contribution in [3.63, 3.8) is 0 Å². The Morgan fingerprint density at radius 2 is 1.72 bits per heavy atom. The number of alkyl halides is 3. The highest BCUT2D eigenvalue weighted by Gasteiger charge is 2.31. The summed E-state index contributed by atoms with van der Waals surface area (Å²) in [4.78, 5) is 25.3. The van der Waals surface area contributed by atoms with E-state index in [1.54, 1.807) is 24.3 Å². The smallest absolute Gasteiger partial charge is 0.416 e. The number of halogens is 3. The van der Waals surface area contributed by atoms with Crippen molar-refractivity contribution in [1.29, 1.82) is 0 Å². The first-order chi connectivity index (χ1) is 13.7. The molecule has 29 heavy (non-hydrogen) atoms. The lowest BCUT2D eigenvalue weighted by molar-refractivity contribution is -0.137. The average molecular weight is 402 g/mol. The number of amides is 1. The van der Waals surface area contributed by atoms with Gasteiger partial charge in [-0.1, -0.05) is 35.9 Å². The van der Waals surface area contributed by atoms with E-state index in [0.29, 0.717) is 5.56 Å². The molecule has 1 atom stereocenters. The largest absolute Gasteiger partial charge is 0.459 e. The Morgan fingerprint density at radius 1 is 1.00 bits per heavy atom. The van der Waals surface area contributed by atoms with Crippen LogP contribution in [0.3, 0.4) is 0 Å². The minimum Gasteiger partial charge on any atom is -0.459 e. The van der Waals surface area contributed by atoms with Crippen LogP contribution in [0, 0.1) is 6.92 Å². The van der Waals surface area contributed by atoms with Crippen molar-refractivity contribution in [2.24, 2.45) is 0 Å². The van der Waals surface area contributed by atoms with Gasteiger partial charge in [-0.3, -0.25) is 9.59 Å². The predicted molar refractivity (Wildman–Crippen MR) is 101 cm³/mol. The third-order valence-electron chi connectivity index (χ3n) is 4.12. The van der Waals surface area contributed by atoms with Crippen LogP contribution in [0.25, 0.3) is 0 Å². The van der Waals surface area contributed by atoms with E-state index in [2.05, 4.69) is 10.6 Å². The van der Waals surface area contributed by atoms with Crippen LogP contribution in [-0.2, 0) is 6.18 Å². The van der Waals surface area contributed by atoms with Gasteiger partial charge in [0.25, 0.3) is 5.91 Å². The van der Waals surface area contributed by atoms with Crippen LogP contribution < -0.4 is 10.6 Å². The Morgan fingerprint density at radius 3 is 2.34 bits per heavy atom. The summed E-state index contributed by atoms with van der Waals surface area (Å²) in [6, 6.07) is 13.9. The average Bonchev–Trinajstić information content (AvgIpc) is 3.22. The summed E-state index contributed by atoms with van der Waals surface area (Å²) in [5.41, 5.74) is 0.384. The molecule has 0 aliphatic carbocycles. The van der Waals surface area contributed by atoms with E-state index < -0.39 is 29.6 Å². The fraction of sp³-hybridized carbons (Fsp3) is 0.143. The minimum atomic E-state index is -4.54. The maximum atomic E-state index is 13.0. The highest BCUT2D eigenvalue weighted by Crippen LogP contribution is 2.30. The van der Waals surface area contributed by atoms with Gasteiger partial charge in [0, 0.05) is 11.3 Å². The molecule has 3 rings (SSSR count). The fourth-order valence-corrected chi connectivity index (χ4v) is 2.61. The van der Waals surface area contributed by atoms with Gasteiger partial charge in [-0.25, -0.2) is 0 Å². The third-order valence-corrected chi connectivity index (χ3v) is 4.12. The van der Waals surface area contributed by atoms with Gasteiger partial charge in [0.05, 0.1) is 11.8 Å². The molecule has 2 aromatic carbocycles. The minimum absolute atomic E-state index is 0.0300. The Bertz CT molecular complexity index is 997. The maximum absolute atomic E-state index is 13.0. The first-order valence-corrected chi connectivity index (χ1v) is 8.63. The molecule has 1 amide bonds. The molecule has 0 bridgehead atoms. The summed E-state index contributed by atoms with van der Waals surface area (Å²) in [5, 5.41) is 5.14. The molecule has 0 aliphatic rings. The molecule has 5 nitrogen and oxygen atoms in total. The van der Waals surface area contributed by atoms with E-state index in [-0.39, 0.29) is 11.4 Å². The van der Waals surface area contributed by atoms with Crippen molar-refractivity contribution in [3.8, 4) is 0 Å². The number of furan rings is 1. The van der Waals surface area contributed by atoms with Crippen LogP contribution in [0.2, 0.25) is 0 Å². The molecule has 3 aromatic rings. The normalized spacial score (nSPS) is 12.3. The molecule has 1 aromatic heterocycles. The van der Waals surface area contributed by atoms with Gasteiger partial charge < -0.3 is 15.1 Å². The van der Waals surface area contributed by atoms with E-state index in [1.807, 2.05) is 6.92 Å². The van der Waals surface area contributed by atoms with Crippen molar-refractivity contribution in [3.05, 3.63) is 89.4 Å². The number of carbonyl (C=O) groups excluding carboxylic acids is 2. The van der Waals surface area contributed by atoms with Crippen molar-refractivity contribution in [2.45, 2.75) is 19.3 Å². The SMILES string of the molecule is Cc1ccc(C(=O)[C@H](NC(=O)c2ccco2)Nc2cccc(C(F)(F)F)c2)cc1. The molecular formula is C21H17F3N2O3. The lowest BCUT2D eigenvalue weighted by Crippen LogP contribution is -2.46. The van der Waals surface area contributed by atoms with Gasteiger partial charge in [-0.2, -0.15) is 13.2 Å². The number of rotatable bonds is 6. The molecule has 0 saturated carbocycles. The highest BCUT2D eigenvalue weighted by molar-refractivity contribution is 6.04. The van der Waals surface area contributed by atoms with E-state index in [9.17, 15) is 22.8 Å². The second-order valence-electron chi connectivity index (χ2n) is 6.34. The first-order valence-electron chi connectivity index (χ1n) is 8.63. The van der Waals surface area contributed by atoms with Crippen molar-refractivity contribution >= 4 is 17.4 Å². The molecule has 1 heterocycles. The van der Waals surface area contributed by atoms with Crippen LogP contribution in [0.4, 0.5) is 18.9 Å². The molecule has 0 spiro atoms. The Kier molecular flexibility index (Phi) is 5.72. The lowest BCUT2D eigenvalue weighted by Gasteiger charge is -2.20. The van der Waals surface area contributed by atoms with Crippen molar-refractivity contribution < 1.29 is 27.2 Å². The number of hydrogen-bond donors (Lipinski definition) is 2. The molecular weight excluding hydrogens is 385 g/mol. The maximum Gasteiger partial charge on any atom is 0.416 e. The Hall–Kier alpha value is -3.55. The lowest BCUT2D eigenvalue weighted by atomic mass is 10.1. The first kappa shape index (κ1) is 20.2. The Balaban J connectivity index is 1.89. The zero-order chi connectivity index (χ0) is 21.0. The van der Waals surface area contributed by atoms with Gasteiger partial charge in [-0.05, 0) is 37.3 Å². The summed E-state index contributed by atoms with van der Waals surface area (Å²) < 4.78 is 44.0. The zero-order valence-electron chi connectivity index (χ0n) is 15.3. The van der Waals surface area contributed by atoms with Gasteiger partial charge >= 0.3 is 6.18 Å². The van der Waals surface area contributed by atoms with Gasteiger partial charge in [0.1, 0.15) is 0 Å². The number of Topliss-reactive ketones (excluding diaryl/α,β-unsaturated/α-hetero) is 1. The summed E-state index contributed by atoms with van der Waals surface area (Å²) in [7, 11) is 0. The molecule has 0 unspecified atom stereocenters. The number of nitrogens with one attached hydrogen (secondary N) is 2. The summed E-state index contributed by atoms with van der Waals surface area (Å²) in [5.74, 6) is -1.22. The monoisotopic (exact) mass is 402 g/mol. The zero-order valence-corrected chi connectivity index (χ0v) is 15.3. The van der Waals surface area contributed by atoms with Crippen LogP contribution in [0.1, 0.15) is 32.0 Å². The second kappa shape index (κ2) is 8.22. The summed E-state index contributed by atoms with van der Waals surface area (Å²) >= 11 is 0. The number of benzene rings is 2. The van der Waals surface area contributed by atoms with Gasteiger partial charge in [0.2, 0.25) is 5.78 Å². The van der Waals surface area contributed by atoms with Crippen LogP contribution in [0.15, 0.2) is 71.3 Å². The summed E-state index contributed by atoms with van der Waals surface area (Å²) in [6.45, 7) is 1.85. The number of hydrogen-bond acceptors (Lipinski definition) is 4. The van der Waals surface area contributed by atoms with E-state index >= 15 is 0 Å². The van der Waals surface area contributed by atoms with E-state index in [4.69, 9.17) is 4.42 Å². The standard InChI is InChI=1S/C21H17F3N2O3/c1-13-7-9-14(10-8-13)18(27)19(26-20(28)17-6-3-11-29-17)25-16-5-2-4-15(12-16)21(22,23)24/h2-12,19,25H,1H3,(H,26,28)/t19-/m0/s1. The predicted octanol–water partition coefficient (Wildman–Crippen LogP) is 4.66. The molecule has 150 valence electrons. The van der Waals surface area contributed by atoms with Crippen LogP contribution >= 0.6 is 0 Å². The number of carbonyl (C=O) groups is 2. The quantitative estimate of drug-likeness (QED) is 0.465. The van der Waals surface area contributed by atoms with Gasteiger partial charge in [0.15, 0.2) is 11.9 Å². The molecule has 0 fully saturated rings. The topological polar surface area (TPSA) is 71.3 Å². The summed E-state index contributed by atoms with van der Waals surface area (Å²) in [6.07, 6.45) is -4.55. The number of ketones is 1. The van der Waals surface area contributed by atoms with Crippen molar-refractivity contribution in [2.75, 3.05) is 5.32 Å². The Labute approximate surface area is 164 Å². The van der Waals surface area contributed by atoms with Crippen LogP contribution in [-0.4, -0.2) is 17.9 Å². The van der Waals surface area contributed by atoms with E-state index in [1.165, 1.54) is 30.5 Å². The van der Waals surface area contributed by atoms with Crippen LogP contribution in [0.5, 0.6) is 0 Å². The molecule has 8 heteroatoms. The molecule has 0 aliphatic heterocycles. The van der Waals surface area contributed by atoms with E-state index in [0.717, 1.165) is 17.7 Å². The number of aryl methyl sites for hydroxylation is 1. The fourth-order valence-electron chi connectivity index (χ4n) is 2.61. The number of anilines is 1. The second-order valence-corrected chi connectivity index (χ2v) is 6.34. The van der Waals surface area contributed by atoms with Gasteiger partial charge in [-0.15, -0.1) is 0 Å². The molecule has 0 saturated heterocycles. The third kappa shape index (κ3) is 5.04. The van der Waals surface area contributed by atoms with Crippen molar-refractivity contribution in [1.82, 2.24) is 5.32 Å². The highest BCUT2D eigenvalue weighted by atomic mass is 19.4. The molecule has 2 N–H and O–H groups in total. The molecule has 0 radical (unpaired) electrons.